The number of hydrogen-bond acceptors (Lipinski definition) is 6. The summed E-state index contributed by atoms with van der Waals surface area (Å²) >= 11 is 6.31. The van der Waals surface area contributed by atoms with Crippen LogP contribution in [0.25, 0.3) is 6.08 Å². The molecule has 3 heterocycles. The fourth-order valence-electron chi connectivity index (χ4n) is 3.68. The molecule has 2 aromatic rings. The highest BCUT2D eigenvalue weighted by Crippen LogP contribution is 2.36. The van der Waals surface area contributed by atoms with E-state index in [0.717, 1.165) is 22.5 Å². The maximum Gasteiger partial charge on any atom is 0.265 e. The van der Waals surface area contributed by atoms with Crippen LogP contribution in [0.3, 0.4) is 0 Å². The summed E-state index contributed by atoms with van der Waals surface area (Å²) in [6.07, 6.45) is 1.78. The molecular weight excluding hydrogens is 466 g/mol. The molecule has 34 heavy (non-hydrogen) atoms. The van der Waals surface area contributed by atoms with E-state index in [-0.39, 0.29) is 29.3 Å². The van der Waals surface area contributed by atoms with E-state index in [2.05, 4.69) is 59.0 Å². The molecule has 1 fully saturated rings. The van der Waals surface area contributed by atoms with E-state index in [4.69, 9.17) is 21.9 Å². The average Bonchev–Trinajstić information content (AvgIpc) is 3.05. The second kappa shape index (κ2) is 8.82. The largest absolute Gasteiger partial charge is 0.482 e. The van der Waals surface area contributed by atoms with Gasteiger partial charge in [0.15, 0.2) is 6.61 Å². The Labute approximate surface area is 210 Å². The number of rotatable bonds is 3. The van der Waals surface area contributed by atoms with Crippen LogP contribution in [-0.4, -0.2) is 27.7 Å². The van der Waals surface area contributed by atoms with Crippen molar-refractivity contribution in [3.63, 3.8) is 0 Å². The molecule has 1 aromatic carbocycles. The van der Waals surface area contributed by atoms with E-state index < -0.39 is 0 Å². The molecule has 178 valence electrons. The number of nitrogens with zero attached hydrogens (tertiary/aromatic N) is 2. The summed E-state index contributed by atoms with van der Waals surface area (Å²) in [7, 11) is 0. The number of hydrogen-bond donors (Lipinski definition) is 1. The lowest BCUT2D eigenvalue weighted by Crippen LogP contribution is -2.38. The third kappa shape index (κ3) is 5.18. The zero-order valence-corrected chi connectivity index (χ0v) is 21.9. The summed E-state index contributed by atoms with van der Waals surface area (Å²) < 4.78 is 6.13. The summed E-state index contributed by atoms with van der Waals surface area (Å²) in [6, 6.07) is 9.76. The van der Waals surface area contributed by atoms with Gasteiger partial charge in [0, 0.05) is 22.2 Å². The van der Waals surface area contributed by atoms with E-state index in [1.807, 2.05) is 18.2 Å². The lowest BCUT2D eigenvalue weighted by atomic mass is 9.86. The van der Waals surface area contributed by atoms with Crippen LogP contribution in [0.2, 0.25) is 0 Å². The van der Waals surface area contributed by atoms with Crippen LogP contribution in [0.4, 0.5) is 5.69 Å². The van der Waals surface area contributed by atoms with Crippen molar-refractivity contribution in [1.82, 2.24) is 10.3 Å². The molecule has 0 radical (unpaired) electrons. The summed E-state index contributed by atoms with van der Waals surface area (Å²) in [5.74, 6) is 0.318. The zero-order valence-electron chi connectivity index (χ0n) is 20.3. The van der Waals surface area contributed by atoms with Gasteiger partial charge in [-0.2, -0.15) is 0 Å². The van der Waals surface area contributed by atoms with Gasteiger partial charge in [0.05, 0.1) is 17.1 Å². The van der Waals surface area contributed by atoms with Crippen LogP contribution < -0.4 is 15.0 Å². The molecule has 2 aliphatic rings. The lowest BCUT2D eigenvalue weighted by molar-refractivity contribution is -0.121. The predicted octanol–water partition coefficient (Wildman–Crippen LogP) is 5.09. The highest BCUT2D eigenvalue weighted by Gasteiger charge is 2.29. The van der Waals surface area contributed by atoms with Gasteiger partial charge in [-0.15, -0.1) is 0 Å². The number of anilines is 1. The van der Waals surface area contributed by atoms with Crippen molar-refractivity contribution in [1.29, 1.82) is 0 Å². The molecule has 4 rings (SSSR count). The topological polar surface area (TPSA) is 71.5 Å². The minimum Gasteiger partial charge on any atom is -0.482 e. The van der Waals surface area contributed by atoms with Gasteiger partial charge in [-0.1, -0.05) is 71.6 Å². The van der Waals surface area contributed by atoms with Gasteiger partial charge in [-0.25, -0.2) is 0 Å². The lowest BCUT2D eigenvalue weighted by Gasteiger charge is -2.31. The first-order valence-corrected chi connectivity index (χ1v) is 12.4. The first-order valence-electron chi connectivity index (χ1n) is 11.2. The molecule has 0 aliphatic carbocycles. The third-order valence-electron chi connectivity index (χ3n) is 5.63. The van der Waals surface area contributed by atoms with Gasteiger partial charge in [0.2, 0.25) is 0 Å². The molecular formula is C26H29N3O3S2. The monoisotopic (exact) mass is 495 g/mol. The third-order valence-corrected chi connectivity index (χ3v) is 6.79. The smallest absolute Gasteiger partial charge is 0.265 e. The Kier molecular flexibility index (Phi) is 6.33. The molecule has 0 saturated carbocycles. The number of amides is 2. The number of pyridine rings is 1. The zero-order chi connectivity index (χ0) is 24.8. The van der Waals surface area contributed by atoms with E-state index in [1.165, 1.54) is 11.8 Å². The highest BCUT2D eigenvalue weighted by atomic mass is 32.2. The van der Waals surface area contributed by atoms with Gasteiger partial charge >= 0.3 is 0 Å². The first kappa shape index (κ1) is 24.4. The number of nitrogens with one attached hydrogen (secondary N) is 1. The van der Waals surface area contributed by atoms with Gasteiger partial charge in [0.1, 0.15) is 10.1 Å². The SMILES string of the molecule is CC(C)(C)c1cc(CN2C(=O)COc3ccc(/C=C4/SC(=S)NC4=O)cc32)cc(C(C)(C)C)n1. The number of thioether (sulfide) groups is 1. The van der Waals surface area contributed by atoms with Crippen molar-refractivity contribution >= 4 is 51.9 Å². The Morgan fingerprint density at radius 2 is 1.74 bits per heavy atom. The first-order chi connectivity index (χ1) is 15.8. The summed E-state index contributed by atoms with van der Waals surface area (Å²) in [4.78, 5) is 32.2. The Morgan fingerprint density at radius 3 is 2.29 bits per heavy atom. The summed E-state index contributed by atoms with van der Waals surface area (Å²) in [5.41, 5.74) is 4.24. The molecule has 2 amide bonds. The van der Waals surface area contributed by atoms with Gasteiger partial charge in [-0.3, -0.25) is 14.6 Å². The van der Waals surface area contributed by atoms with Gasteiger partial charge in [-0.05, 0) is 41.5 Å². The number of benzene rings is 1. The second-order valence-electron chi connectivity index (χ2n) is 10.6. The number of fused-ring (bicyclic) bond motifs is 1. The van der Waals surface area contributed by atoms with Gasteiger partial charge in [0.25, 0.3) is 11.8 Å². The maximum atomic E-state index is 13.0. The Balaban J connectivity index is 1.73. The van der Waals surface area contributed by atoms with Crippen LogP contribution in [0.15, 0.2) is 35.2 Å². The van der Waals surface area contributed by atoms with E-state index >= 15 is 0 Å². The minimum absolute atomic E-state index is 0.0106. The quantitative estimate of drug-likeness (QED) is 0.472. The van der Waals surface area contributed by atoms with Crippen molar-refractivity contribution in [3.8, 4) is 5.75 Å². The van der Waals surface area contributed by atoms with Crippen molar-refractivity contribution < 1.29 is 14.3 Å². The van der Waals surface area contributed by atoms with E-state index in [0.29, 0.717) is 27.2 Å². The Hall–Kier alpha value is -2.71. The van der Waals surface area contributed by atoms with E-state index in [9.17, 15) is 9.59 Å². The summed E-state index contributed by atoms with van der Waals surface area (Å²) in [6.45, 7) is 13.2. The van der Waals surface area contributed by atoms with Crippen molar-refractivity contribution in [2.45, 2.75) is 58.9 Å². The molecule has 1 N–H and O–H groups in total. The summed E-state index contributed by atoms with van der Waals surface area (Å²) in [5, 5.41) is 2.62. The highest BCUT2D eigenvalue weighted by molar-refractivity contribution is 8.26. The number of carbonyl (C=O) groups excluding carboxylic acids is 2. The van der Waals surface area contributed by atoms with Crippen LogP contribution in [0, 0.1) is 0 Å². The van der Waals surface area contributed by atoms with Crippen LogP contribution in [0.5, 0.6) is 5.75 Å². The minimum atomic E-state index is -0.210. The second-order valence-corrected chi connectivity index (χ2v) is 12.3. The van der Waals surface area contributed by atoms with Crippen molar-refractivity contribution in [3.05, 3.63) is 57.8 Å². The molecule has 0 spiro atoms. The van der Waals surface area contributed by atoms with Crippen molar-refractivity contribution in [2.75, 3.05) is 11.5 Å². The number of thiocarbonyl (C=S) groups is 1. The normalized spacial score (nSPS) is 17.6. The Morgan fingerprint density at radius 1 is 1.09 bits per heavy atom. The van der Waals surface area contributed by atoms with Crippen LogP contribution in [-0.2, 0) is 27.0 Å². The predicted molar refractivity (Wildman–Crippen MR) is 141 cm³/mol. The van der Waals surface area contributed by atoms with Crippen LogP contribution >= 0.6 is 24.0 Å². The molecule has 0 atom stereocenters. The molecule has 8 heteroatoms. The molecule has 6 nitrogen and oxygen atoms in total. The molecule has 1 saturated heterocycles. The molecule has 0 bridgehead atoms. The Bertz CT molecular complexity index is 1190. The molecule has 2 aliphatic heterocycles. The fourth-order valence-corrected chi connectivity index (χ4v) is 4.73. The molecule has 1 aromatic heterocycles. The number of aromatic nitrogens is 1. The van der Waals surface area contributed by atoms with Gasteiger partial charge < -0.3 is 15.0 Å². The standard InChI is InChI=1S/C26H29N3O3S2/c1-25(2,3)20-11-16(12-21(27-20)26(4,5)6)13-29-17-9-15(7-8-18(17)32-14-22(29)30)10-19-23(31)28-24(33)34-19/h7-12H,13-14H2,1-6H3,(H,28,31,33)/b19-10+. The number of carbonyl (C=O) groups is 2. The number of ether oxygens (including phenoxy) is 1. The van der Waals surface area contributed by atoms with E-state index in [1.54, 1.807) is 11.0 Å². The fraction of sp³-hybridized carbons (Fsp3) is 0.385. The van der Waals surface area contributed by atoms with Crippen LogP contribution in [0.1, 0.15) is 64.1 Å². The van der Waals surface area contributed by atoms with Crippen molar-refractivity contribution in [2.24, 2.45) is 0 Å². The maximum absolute atomic E-state index is 13.0. The average molecular weight is 496 g/mol. The molecule has 0 unspecified atom stereocenters.